The van der Waals surface area contributed by atoms with Crippen LogP contribution in [0.15, 0.2) is 29.3 Å². The lowest BCUT2D eigenvalue weighted by atomic mass is 9.94. The molecule has 1 atom stereocenters. The van der Waals surface area contributed by atoms with Crippen molar-refractivity contribution in [2.24, 2.45) is 10.7 Å². The first-order valence-electron chi connectivity index (χ1n) is 6.89. The van der Waals surface area contributed by atoms with Crippen LogP contribution in [0, 0.1) is 0 Å². The number of hydrogen-bond acceptors (Lipinski definition) is 1. The van der Waals surface area contributed by atoms with Gasteiger partial charge in [-0.05, 0) is 49.3 Å². The maximum atomic E-state index is 5.88. The largest absolute Gasteiger partial charge is 0.370 e. The molecule has 0 bridgehead atoms. The van der Waals surface area contributed by atoms with Gasteiger partial charge >= 0.3 is 0 Å². The number of aliphatic imine (C=N–C) groups is 1. The van der Waals surface area contributed by atoms with Crippen LogP contribution in [-0.2, 0) is 0 Å². The van der Waals surface area contributed by atoms with Crippen molar-refractivity contribution in [2.75, 3.05) is 5.32 Å². The second-order valence-corrected chi connectivity index (χ2v) is 5.16. The summed E-state index contributed by atoms with van der Waals surface area (Å²) in [6.07, 6.45) is 4.80. The summed E-state index contributed by atoms with van der Waals surface area (Å²) < 4.78 is 0. The Morgan fingerprint density at radius 3 is 2.47 bits per heavy atom. The summed E-state index contributed by atoms with van der Waals surface area (Å²) >= 11 is 0. The minimum Gasteiger partial charge on any atom is -0.370 e. The number of rotatable bonds is 4. The number of nitrogens with two attached hydrogens (primary N) is 1. The maximum absolute atomic E-state index is 5.88. The van der Waals surface area contributed by atoms with Crippen molar-refractivity contribution in [3.63, 3.8) is 0 Å². The predicted octanol–water partition coefficient (Wildman–Crippen LogP) is 4.10. The second kappa shape index (κ2) is 7.72. The van der Waals surface area contributed by atoms with E-state index in [1.54, 1.807) is 0 Å². The molecule has 0 saturated heterocycles. The quantitative estimate of drug-likeness (QED) is 0.474. The Morgan fingerprint density at radius 2 is 2.00 bits per heavy atom. The molecule has 0 aromatic heterocycles. The summed E-state index contributed by atoms with van der Waals surface area (Å²) in [5.41, 5.74) is 8.27. The van der Waals surface area contributed by atoms with Crippen molar-refractivity contribution in [1.29, 1.82) is 0 Å². The zero-order valence-electron chi connectivity index (χ0n) is 11.7. The molecule has 1 saturated carbocycles. The molecule has 4 heteroatoms. The third-order valence-electron chi connectivity index (χ3n) is 3.76. The zero-order chi connectivity index (χ0) is 13.0. The standard InChI is InChI=1S/C15H23N3.HI/c1-3-11(2)12-7-9-14(10-8-12)18-15(16)17-13-5-4-6-13;/h7-11,13H,3-6H2,1-2H3,(H3,16,17,18);1H. The first-order valence-corrected chi connectivity index (χ1v) is 6.89. The second-order valence-electron chi connectivity index (χ2n) is 5.16. The van der Waals surface area contributed by atoms with E-state index in [1.807, 2.05) is 0 Å². The van der Waals surface area contributed by atoms with Gasteiger partial charge in [0.1, 0.15) is 0 Å². The van der Waals surface area contributed by atoms with Crippen LogP contribution in [-0.4, -0.2) is 12.0 Å². The van der Waals surface area contributed by atoms with E-state index in [4.69, 9.17) is 5.73 Å². The van der Waals surface area contributed by atoms with E-state index >= 15 is 0 Å². The summed E-state index contributed by atoms with van der Waals surface area (Å²) in [6.45, 7) is 4.45. The van der Waals surface area contributed by atoms with E-state index in [1.165, 1.54) is 24.8 Å². The number of nitrogens with one attached hydrogen (secondary N) is 1. The predicted molar refractivity (Wildman–Crippen MR) is 93.4 cm³/mol. The van der Waals surface area contributed by atoms with Crippen LogP contribution in [0.3, 0.4) is 0 Å². The average Bonchev–Trinajstić information content (AvgIpc) is 2.34. The van der Waals surface area contributed by atoms with Gasteiger partial charge in [-0.1, -0.05) is 26.0 Å². The fourth-order valence-corrected chi connectivity index (χ4v) is 2.02. The summed E-state index contributed by atoms with van der Waals surface area (Å²) in [4.78, 5) is 4.43. The minimum absolute atomic E-state index is 0. The molecule has 106 valence electrons. The fourth-order valence-electron chi connectivity index (χ4n) is 2.02. The first-order chi connectivity index (χ1) is 8.69. The van der Waals surface area contributed by atoms with Crippen LogP contribution in [0.25, 0.3) is 0 Å². The Kier molecular flexibility index (Phi) is 6.62. The number of benzene rings is 1. The van der Waals surface area contributed by atoms with Crippen LogP contribution in [0.1, 0.15) is 51.0 Å². The highest BCUT2D eigenvalue weighted by Gasteiger charge is 2.16. The molecule has 0 radical (unpaired) electrons. The molecule has 1 aromatic carbocycles. The van der Waals surface area contributed by atoms with Crippen LogP contribution in [0.2, 0.25) is 0 Å². The van der Waals surface area contributed by atoms with E-state index in [-0.39, 0.29) is 24.0 Å². The van der Waals surface area contributed by atoms with Gasteiger partial charge in [0.2, 0.25) is 0 Å². The molecule has 0 spiro atoms. The highest BCUT2D eigenvalue weighted by Crippen LogP contribution is 2.22. The monoisotopic (exact) mass is 373 g/mol. The Bertz CT molecular complexity index is 410. The lowest BCUT2D eigenvalue weighted by molar-refractivity contribution is 0.420. The highest BCUT2D eigenvalue weighted by molar-refractivity contribution is 14.0. The maximum Gasteiger partial charge on any atom is 0.193 e. The summed E-state index contributed by atoms with van der Waals surface area (Å²) in [5, 5.41) is 3.15. The molecular formula is C15H24IN3. The van der Waals surface area contributed by atoms with Gasteiger partial charge in [-0.3, -0.25) is 0 Å². The van der Waals surface area contributed by atoms with Gasteiger partial charge in [0.05, 0.1) is 6.04 Å². The van der Waals surface area contributed by atoms with Crippen LogP contribution in [0.4, 0.5) is 5.69 Å². The fraction of sp³-hybridized carbons (Fsp3) is 0.533. The Hall–Kier alpha value is -0.780. The van der Waals surface area contributed by atoms with E-state index in [0.29, 0.717) is 17.9 Å². The van der Waals surface area contributed by atoms with Gasteiger partial charge in [-0.15, -0.1) is 24.0 Å². The number of halogens is 1. The van der Waals surface area contributed by atoms with Gasteiger partial charge in [-0.25, -0.2) is 4.99 Å². The number of hydrogen-bond donors (Lipinski definition) is 2. The van der Waals surface area contributed by atoms with Crippen molar-refractivity contribution in [3.05, 3.63) is 29.8 Å². The molecule has 2 rings (SSSR count). The molecule has 1 aliphatic carbocycles. The Labute approximate surface area is 133 Å². The van der Waals surface area contributed by atoms with Crippen LogP contribution >= 0.6 is 24.0 Å². The molecule has 1 fully saturated rings. The first kappa shape index (κ1) is 16.3. The summed E-state index contributed by atoms with van der Waals surface area (Å²) in [6, 6.07) is 8.91. The molecule has 3 nitrogen and oxygen atoms in total. The molecule has 19 heavy (non-hydrogen) atoms. The molecule has 1 unspecified atom stereocenters. The summed E-state index contributed by atoms with van der Waals surface area (Å²) in [7, 11) is 0. The molecule has 1 aromatic rings. The topological polar surface area (TPSA) is 50.4 Å². The molecule has 1 aliphatic rings. The lowest BCUT2D eigenvalue weighted by Crippen LogP contribution is -2.27. The number of nitrogens with zero attached hydrogens (tertiary/aromatic N) is 1. The van der Waals surface area contributed by atoms with Gasteiger partial charge < -0.3 is 11.1 Å². The molecule has 3 N–H and O–H groups in total. The van der Waals surface area contributed by atoms with E-state index in [0.717, 1.165) is 12.1 Å². The van der Waals surface area contributed by atoms with E-state index < -0.39 is 0 Å². The number of guanidine groups is 1. The van der Waals surface area contributed by atoms with Crippen molar-refractivity contribution in [2.45, 2.75) is 51.5 Å². The third-order valence-corrected chi connectivity index (χ3v) is 3.76. The normalized spacial score (nSPS) is 17.3. The average molecular weight is 373 g/mol. The molecule has 0 amide bonds. The smallest absolute Gasteiger partial charge is 0.193 e. The van der Waals surface area contributed by atoms with E-state index in [9.17, 15) is 0 Å². The van der Waals surface area contributed by atoms with Crippen molar-refractivity contribution in [3.8, 4) is 0 Å². The van der Waals surface area contributed by atoms with Gasteiger partial charge in [0.25, 0.3) is 0 Å². The summed E-state index contributed by atoms with van der Waals surface area (Å²) in [5.74, 6) is 1.15. The van der Waals surface area contributed by atoms with E-state index in [2.05, 4.69) is 48.4 Å². The minimum atomic E-state index is 0. The van der Waals surface area contributed by atoms with Crippen molar-refractivity contribution in [1.82, 2.24) is 0 Å². The van der Waals surface area contributed by atoms with Crippen molar-refractivity contribution < 1.29 is 0 Å². The van der Waals surface area contributed by atoms with Crippen LogP contribution < -0.4 is 11.1 Å². The third kappa shape index (κ3) is 4.67. The van der Waals surface area contributed by atoms with Gasteiger partial charge in [-0.2, -0.15) is 0 Å². The Balaban J connectivity index is 0.00000180. The SMILES string of the molecule is CCC(C)c1ccc(NC(N)=NC2CCC2)cc1.I. The van der Waals surface area contributed by atoms with Crippen LogP contribution in [0.5, 0.6) is 0 Å². The lowest BCUT2D eigenvalue weighted by Gasteiger charge is -2.21. The Morgan fingerprint density at radius 1 is 1.37 bits per heavy atom. The van der Waals surface area contributed by atoms with Gasteiger partial charge in [0.15, 0.2) is 5.96 Å². The number of anilines is 1. The highest BCUT2D eigenvalue weighted by atomic mass is 127. The molecule has 0 aliphatic heterocycles. The molecule has 0 heterocycles. The molecular weight excluding hydrogens is 349 g/mol. The zero-order valence-corrected chi connectivity index (χ0v) is 14.1. The van der Waals surface area contributed by atoms with Gasteiger partial charge in [0, 0.05) is 5.69 Å². The van der Waals surface area contributed by atoms with Crippen molar-refractivity contribution >= 4 is 35.6 Å².